The Labute approximate surface area is 301 Å². The summed E-state index contributed by atoms with van der Waals surface area (Å²) >= 11 is 0. The fraction of sp³-hybridized carbons (Fsp3) is 0.588. The summed E-state index contributed by atoms with van der Waals surface area (Å²) in [7, 11) is -6.38. The fourth-order valence-corrected chi connectivity index (χ4v) is 12.1. The van der Waals surface area contributed by atoms with E-state index >= 15 is 0 Å². The minimum absolute atomic E-state index is 0.0458. The number of fused-ring (bicyclic) bond motifs is 6. The molecule has 2 aliphatic carbocycles. The van der Waals surface area contributed by atoms with Gasteiger partial charge in [-0.1, -0.05) is 26.7 Å². The Balaban J connectivity index is 0.000000138. The summed E-state index contributed by atoms with van der Waals surface area (Å²) in [6, 6.07) is 3.92. The second kappa shape index (κ2) is 12.8. The lowest BCUT2D eigenvalue weighted by atomic mass is 9.93. The summed E-state index contributed by atoms with van der Waals surface area (Å²) in [5, 5.41) is 17.4. The molecule has 18 heteroatoms. The molecule has 10 rings (SSSR count). The first-order valence-corrected chi connectivity index (χ1v) is 21.6. The van der Waals surface area contributed by atoms with E-state index in [0.29, 0.717) is 60.8 Å². The number of rotatable bonds is 10. The molecule has 4 aliphatic rings. The van der Waals surface area contributed by atoms with Gasteiger partial charge in [0.05, 0.1) is 34.9 Å². The lowest BCUT2D eigenvalue weighted by molar-refractivity contribution is 0.448. The number of hydrogen-bond acceptors (Lipinski definition) is 10. The van der Waals surface area contributed by atoms with E-state index in [0.717, 1.165) is 72.5 Å². The molecule has 0 spiro atoms. The fourth-order valence-electron chi connectivity index (χ4n) is 8.18. The second-order valence-corrected chi connectivity index (χ2v) is 19.1. The standard InChI is InChI=1S/2C17H22N6O2S/c2*1-2-12-8-22(26(24,25)10-11-3-4-11)9-13(12)17-21-20-15-7-19-16-14(23(15)17)5-6-18-16/h2*5-7,11-13,18H,2-4,8-10H2,1H3/t2*12-,13+/m10/s1. The first kappa shape index (κ1) is 33.8. The Morgan fingerprint density at radius 2 is 1.06 bits per heavy atom. The number of hydrogen-bond donors (Lipinski definition) is 2. The largest absolute Gasteiger partial charge is 0.345 e. The van der Waals surface area contributed by atoms with E-state index in [9.17, 15) is 16.8 Å². The highest BCUT2D eigenvalue weighted by Gasteiger charge is 2.44. The SMILES string of the molecule is CC[C@@H]1CN(S(=O)(=O)CC2CC2)C[C@@H]1c1nnc2cnc3[nH]ccc3n12.CC[C@H]1CN(S(=O)(=O)CC2CC2)C[C@H]1c1nnc2cnc3[nH]ccc3n12. The Bertz CT molecular complexity index is 2310. The summed E-state index contributed by atoms with van der Waals surface area (Å²) in [5.74, 6) is 3.57. The summed E-state index contributed by atoms with van der Waals surface area (Å²) in [6.07, 6.45) is 13.1. The molecular weight excluding hydrogens is 705 g/mol. The van der Waals surface area contributed by atoms with E-state index in [1.165, 1.54) is 0 Å². The third-order valence-electron chi connectivity index (χ3n) is 11.5. The van der Waals surface area contributed by atoms with Crippen LogP contribution in [-0.2, 0) is 20.0 Å². The van der Waals surface area contributed by atoms with Crippen LogP contribution in [0.4, 0.5) is 0 Å². The molecule has 8 heterocycles. The molecule has 2 saturated heterocycles. The van der Waals surface area contributed by atoms with Crippen molar-refractivity contribution < 1.29 is 16.8 Å². The van der Waals surface area contributed by atoms with Crippen LogP contribution in [0.5, 0.6) is 0 Å². The average Bonchev–Trinajstić information content (AvgIpc) is 3.65. The number of aromatic nitrogens is 10. The number of nitrogens with one attached hydrogen (secondary N) is 2. The van der Waals surface area contributed by atoms with Crippen LogP contribution in [0.3, 0.4) is 0 Å². The lowest BCUT2D eigenvalue weighted by Crippen LogP contribution is -2.32. The predicted molar refractivity (Wildman–Crippen MR) is 194 cm³/mol. The number of nitrogens with zero attached hydrogens (tertiary/aromatic N) is 10. The Morgan fingerprint density at radius 1 is 0.635 bits per heavy atom. The first-order valence-electron chi connectivity index (χ1n) is 18.4. The van der Waals surface area contributed by atoms with Crippen LogP contribution in [-0.4, -0.2) is 112 Å². The topological polar surface area (TPSA) is 192 Å². The van der Waals surface area contributed by atoms with Crippen LogP contribution in [0, 0.1) is 23.7 Å². The maximum absolute atomic E-state index is 12.8. The third-order valence-corrected chi connectivity index (χ3v) is 15.5. The van der Waals surface area contributed by atoms with Crippen molar-refractivity contribution in [3.05, 3.63) is 48.6 Å². The molecule has 52 heavy (non-hydrogen) atoms. The van der Waals surface area contributed by atoms with Crippen LogP contribution >= 0.6 is 0 Å². The smallest absolute Gasteiger partial charge is 0.214 e. The monoisotopic (exact) mass is 748 g/mol. The zero-order valence-electron chi connectivity index (χ0n) is 29.3. The van der Waals surface area contributed by atoms with Crippen molar-refractivity contribution in [2.75, 3.05) is 37.7 Å². The molecule has 0 aromatic carbocycles. The van der Waals surface area contributed by atoms with Gasteiger partial charge in [-0.25, -0.2) is 35.4 Å². The van der Waals surface area contributed by atoms with Gasteiger partial charge >= 0.3 is 0 Å². The molecule has 6 aromatic heterocycles. The summed E-state index contributed by atoms with van der Waals surface area (Å²) < 4.78 is 58.4. The van der Waals surface area contributed by atoms with Gasteiger partial charge in [-0.05, 0) is 61.5 Å². The highest BCUT2D eigenvalue weighted by molar-refractivity contribution is 7.89. The van der Waals surface area contributed by atoms with E-state index in [1.807, 2.05) is 33.3 Å². The highest BCUT2D eigenvalue weighted by atomic mass is 32.2. The van der Waals surface area contributed by atoms with Gasteiger partial charge in [0, 0.05) is 50.4 Å². The maximum atomic E-state index is 12.8. The van der Waals surface area contributed by atoms with Crippen LogP contribution in [0.25, 0.3) is 33.6 Å². The minimum atomic E-state index is -3.19. The molecule has 2 aliphatic heterocycles. The molecule has 0 unspecified atom stereocenters. The van der Waals surface area contributed by atoms with Crippen molar-refractivity contribution in [2.45, 2.75) is 64.2 Å². The molecule has 4 fully saturated rings. The van der Waals surface area contributed by atoms with E-state index in [4.69, 9.17) is 0 Å². The van der Waals surface area contributed by atoms with Crippen LogP contribution < -0.4 is 0 Å². The Kier molecular flexibility index (Phi) is 8.35. The summed E-state index contributed by atoms with van der Waals surface area (Å²) in [5.41, 5.74) is 4.81. The van der Waals surface area contributed by atoms with Gasteiger partial charge in [0.25, 0.3) is 0 Å². The average molecular weight is 749 g/mol. The second-order valence-electron chi connectivity index (χ2n) is 15.1. The number of aromatic amines is 2. The zero-order valence-corrected chi connectivity index (χ0v) is 31.0. The van der Waals surface area contributed by atoms with Crippen molar-refractivity contribution in [3.8, 4) is 0 Å². The Morgan fingerprint density at radius 3 is 1.44 bits per heavy atom. The lowest BCUT2D eigenvalue weighted by Gasteiger charge is -2.16. The van der Waals surface area contributed by atoms with Gasteiger partial charge in [0.2, 0.25) is 20.0 Å². The van der Waals surface area contributed by atoms with Crippen LogP contribution in [0.2, 0.25) is 0 Å². The summed E-state index contributed by atoms with van der Waals surface area (Å²) in [4.78, 5) is 14.9. The molecule has 0 amide bonds. The van der Waals surface area contributed by atoms with E-state index in [2.05, 4.69) is 54.2 Å². The number of sulfonamides is 2. The van der Waals surface area contributed by atoms with Gasteiger partial charge in [-0.2, -0.15) is 0 Å². The maximum Gasteiger partial charge on any atom is 0.214 e. The van der Waals surface area contributed by atoms with Crippen molar-refractivity contribution >= 4 is 53.7 Å². The van der Waals surface area contributed by atoms with Gasteiger partial charge in [0.1, 0.15) is 11.6 Å². The highest BCUT2D eigenvalue weighted by Crippen LogP contribution is 2.40. The number of H-pyrrole nitrogens is 2. The molecule has 2 N–H and O–H groups in total. The normalized spacial score (nSPS) is 24.8. The van der Waals surface area contributed by atoms with Gasteiger partial charge in [-0.15, -0.1) is 20.4 Å². The molecule has 0 bridgehead atoms. The minimum Gasteiger partial charge on any atom is -0.345 e. The van der Waals surface area contributed by atoms with Crippen molar-refractivity contribution in [3.63, 3.8) is 0 Å². The first-order chi connectivity index (χ1) is 25.1. The van der Waals surface area contributed by atoms with Gasteiger partial charge in [0.15, 0.2) is 22.6 Å². The van der Waals surface area contributed by atoms with Crippen molar-refractivity contribution in [2.24, 2.45) is 23.7 Å². The molecule has 2 saturated carbocycles. The molecule has 6 aromatic rings. The van der Waals surface area contributed by atoms with Gasteiger partial charge in [-0.3, -0.25) is 8.80 Å². The molecule has 0 radical (unpaired) electrons. The molecule has 16 nitrogen and oxygen atoms in total. The van der Waals surface area contributed by atoms with E-state index in [-0.39, 0.29) is 23.7 Å². The quantitative estimate of drug-likeness (QED) is 0.209. The third kappa shape index (κ3) is 6.06. The van der Waals surface area contributed by atoms with Gasteiger partial charge < -0.3 is 9.97 Å². The Hall–Kier alpha value is -4.00. The van der Waals surface area contributed by atoms with Crippen molar-refractivity contribution in [1.82, 2.24) is 57.7 Å². The molecular formula is C34H44N12O4S2. The molecule has 276 valence electrons. The molecule has 4 atom stereocenters. The zero-order chi connectivity index (χ0) is 35.8. The van der Waals surface area contributed by atoms with Crippen molar-refractivity contribution in [1.29, 1.82) is 0 Å². The van der Waals surface area contributed by atoms with E-state index in [1.54, 1.807) is 21.0 Å². The summed E-state index contributed by atoms with van der Waals surface area (Å²) in [6.45, 7) is 6.36. The predicted octanol–water partition coefficient (Wildman–Crippen LogP) is 3.54. The van der Waals surface area contributed by atoms with Crippen LogP contribution in [0.1, 0.15) is 75.9 Å². The van der Waals surface area contributed by atoms with E-state index < -0.39 is 20.0 Å². The van der Waals surface area contributed by atoms with Crippen LogP contribution in [0.15, 0.2) is 36.9 Å².